The van der Waals surface area contributed by atoms with E-state index in [0.29, 0.717) is 6.54 Å². The number of hydrogen-bond acceptors (Lipinski definition) is 2. The van der Waals surface area contributed by atoms with Gasteiger partial charge in [-0.1, -0.05) is 23.7 Å². The Bertz CT molecular complexity index is 382. The van der Waals surface area contributed by atoms with Crippen molar-refractivity contribution in [1.82, 2.24) is 5.32 Å². The van der Waals surface area contributed by atoms with Crippen molar-refractivity contribution in [2.75, 3.05) is 13.2 Å². The molecule has 1 heterocycles. The maximum Gasteiger partial charge on any atom is 0.246 e. The summed E-state index contributed by atoms with van der Waals surface area (Å²) < 4.78 is 5.42. The molecule has 1 aliphatic heterocycles. The predicted molar refractivity (Wildman–Crippen MR) is 57.9 cm³/mol. The molecule has 0 aromatic heterocycles. The van der Waals surface area contributed by atoms with Crippen LogP contribution in [0.5, 0.6) is 0 Å². The van der Waals surface area contributed by atoms with E-state index in [-0.39, 0.29) is 18.6 Å². The summed E-state index contributed by atoms with van der Waals surface area (Å²) in [6.45, 7) is 2.61. The van der Waals surface area contributed by atoms with Gasteiger partial charge in [-0.05, 0) is 24.1 Å². The minimum Gasteiger partial charge on any atom is -0.362 e. The molecule has 0 radical (unpaired) electrons. The van der Waals surface area contributed by atoms with E-state index in [1.165, 1.54) is 0 Å². The van der Waals surface area contributed by atoms with Gasteiger partial charge in [0, 0.05) is 11.6 Å². The van der Waals surface area contributed by atoms with Gasteiger partial charge >= 0.3 is 0 Å². The Morgan fingerprint density at radius 1 is 1.53 bits per heavy atom. The molecule has 1 N–H and O–H groups in total. The van der Waals surface area contributed by atoms with Gasteiger partial charge < -0.3 is 10.1 Å². The van der Waals surface area contributed by atoms with Crippen molar-refractivity contribution in [3.05, 3.63) is 34.3 Å². The summed E-state index contributed by atoms with van der Waals surface area (Å²) in [5, 5.41) is 3.52. The number of hydrogen-bond donors (Lipinski definition) is 1. The first-order valence-electron chi connectivity index (χ1n) is 4.81. The van der Waals surface area contributed by atoms with Gasteiger partial charge in [0.05, 0.1) is 0 Å². The first-order chi connectivity index (χ1) is 7.16. The van der Waals surface area contributed by atoms with Crippen LogP contribution in [0.4, 0.5) is 0 Å². The normalized spacial score (nSPS) is 21.2. The topological polar surface area (TPSA) is 38.3 Å². The lowest BCUT2D eigenvalue weighted by Crippen LogP contribution is -2.38. The molecule has 0 unspecified atom stereocenters. The van der Waals surface area contributed by atoms with Crippen LogP contribution in [0.2, 0.25) is 5.02 Å². The fourth-order valence-electron chi connectivity index (χ4n) is 1.58. The molecule has 80 valence electrons. The van der Waals surface area contributed by atoms with Crippen LogP contribution in [0.25, 0.3) is 0 Å². The number of morpholine rings is 1. The molecule has 1 saturated heterocycles. The van der Waals surface area contributed by atoms with E-state index in [1.54, 1.807) is 0 Å². The van der Waals surface area contributed by atoms with Gasteiger partial charge in [-0.2, -0.15) is 0 Å². The predicted octanol–water partition coefficient (Wildman–Crippen LogP) is 1.84. The maximum atomic E-state index is 10.9. The van der Waals surface area contributed by atoms with E-state index in [4.69, 9.17) is 16.3 Å². The van der Waals surface area contributed by atoms with E-state index in [9.17, 15) is 4.79 Å². The SMILES string of the molecule is Cc1cc([C@@H]2CNC(=O)CO2)ccc1Cl. The number of carbonyl (C=O) groups excluding carboxylic acids is 1. The number of nitrogens with one attached hydrogen (secondary N) is 1. The van der Waals surface area contributed by atoms with Crippen molar-refractivity contribution < 1.29 is 9.53 Å². The van der Waals surface area contributed by atoms with E-state index >= 15 is 0 Å². The minimum absolute atomic E-state index is 0.0568. The molecular formula is C11H12ClNO2. The molecule has 1 aromatic rings. The molecule has 2 rings (SSSR count). The van der Waals surface area contributed by atoms with Gasteiger partial charge in [0.15, 0.2) is 0 Å². The number of rotatable bonds is 1. The molecule has 15 heavy (non-hydrogen) atoms. The van der Waals surface area contributed by atoms with Gasteiger partial charge in [0.1, 0.15) is 12.7 Å². The Morgan fingerprint density at radius 2 is 2.33 bits per heavy atom. The highest BCUT2D eigenvalue weighted by molar-refractivity contribution is 6.31. The Balaban J connectivity index is 2.16. The largest absolute Gasteiger partial charge is 0.362 e. The summed E-state index contributed by atoms with van der Waals surface area (Å²) in [5.74, 6) is -0.0584. The van der Waals surface area contributed by atoms with Crippen LogP contribution in [0.1, 0.15) is 17.2 Å². The Labute approximate surface area is 93.4 Å². The van der Waals surface area contributed by atoms with E-state index < -0.39 is 0 Å². The molecule has 0 spiro atoms. The van der Waals surface area contributed by atoms with Crippen LogP contribution in [0, 0.1) is 6.92 Å². The standard InChI is InChI=1S/C11H12ClNO2/c1-7-4-8(2-3-9(7)12)10-5-13-11(14)6-15-10/h2-4,10H,5-6H2,1H3,(H,13,14)/t10-/m0/s1. The zero-order valence-electron chi connectivity index (χ0n) is 8.42. The van der Waals surface area contributed by atoms with Gasteiger partial charge in [-0.3, -0.25) is 4.79 Å². The number of halogens is 1. The van der Waals surface area contributed by atoms with Crippen molar-refractivity contribution in [2.24, 2.45) is 0 Å². The quantitative estimate of drug-likeness (QED) is 0.792. The van der Waals surface area contributed by atoms with Crippen LogP contribution in [0.3, 0.4) is 0 Å². The number of amides is 1. The molecule has 1 fully saturated rings. The van der Waals surface area contributed by atoms with Gasteiger partial charge in [-0.15, -0.1) is 0 Å². The van der Waals surface area contributed by atoms with Crippen LogP contribution in [-0.2, 0) is 9.53 Å². The smallest absolute Gasteiger partial charge is 0.246 e. The Morgan fingerprint density at radius 3 is 2.93 bits per heavy atom. The summed E-state index contributed by atoms with van der Waals surface area (Å²) in [4.78, 5) is 10.9. The molecule has 4 heteroatoms. The van der Waals surface area contributed by atoms with Crippen molar-refractivity contribution in [2.45, 2.75) is 13.0 Å². The zero-order valence-corrected chi connectivity index (χ0v) is 9.17. The van der Waals surface area contributed by atoms with Crippen molar-refractivity contribution in [3.8, 4) is 0 Å². The van der Waals surface area contributed by atoms with Crippen LogP contribution in [-0.4, -0.2) is 19.1 Å². The highest BCUT2D eigenvalue weighted by Gasteiger charge is 2.20. The highest BCUT2D eigenvalue weighted by Crippen LogP contribution is 2.23. The summed E-state index contributed by atoms with van der Waals surface area (Å²) in [7, 11) is 0. The van der Waals surface area contributed by atoms with Crippen molar-refractivity contribution in [1.29, 1.82) is 0 Å². The third kappa shape index (κ3) is 2.30. The molecule has 1 aromatic carbocycles. The molecule has 1 aliphatic rings. The number of ether oxygens (including phenoxy) is 1. The van der Waals surface area contributed by atoms with Crippen LogP contribution >= 0.6 is 11.6 Å². The second-order valence-corrected chi connectivity index (χ2v) is 4.02. The lowest BCUT2D eigenvalue weighted by Gasteiger charge is -2.23. The fraction of sp³-hybridized carbons (Fsp3) is 0.364. The average Bonchev–Trinajstić information content (AvgIpc) is 2.23. The highest BCUT2D eigenvalue weighted by atomic mass is 35.5. The molecular weight excluding hydrogens is 214 g/mol. The van der Waals surface area contributed by atoms with Crippen LogP contribution in [0.15, 0.2) is 18.2 Å². The fourth-order valence-corrected chi connectivity index (χ4v) is 1.69. The first kappa shape index (κ1) is 10.5. The maximum absolute atomic E-state index is 10.9. The third-order valence-electron chi connectivity index (χ3n) is 2.45. The molecule has 1 atom stereocenters. The summed E-state index contributed by atoms with van der Waals surface area (Å²) in [5.41, 5.74) is 2.08. The van der Waals surface area contributed by atoms with Gasteiger partial charge in [0.25, 0.3) is 0 Å². The molecule has 0 aliphatic carbocycles. The van der Waals surface area contributed by atoms with E-state index in [2.05, 4.69) is 5.32 Å². The molecule has 3 nitrogen and oxygen atoms in total. The second kappa shape index (κ2) is 4.21. The lowest BCUT2D eigenvalue weighted by molar-refractivity contribution is -0.133. The van der Waals surface area contributed by atoms with Gasteiger partial charge in [0.2, 0.25) is 5.91 Å². The number of carbonyl (C=O) groups is 1. The van der Waals surface area contributed by atoms with Gasteiger partial charge in [-0.25, -0.2) is 0 Å². The first-order valence-corrected chi connectivity index (χ1v) is 5.19. The van der Waals surface area contributed by atoms with Crippen molar-refractivity contribution >= 4 is 17.5 Å². The Hall–Kier alpha value is -1.06. The number of benzene rings is 1. The average molecular weight is 226 g/mol. The van der Waals surface area contributed by atoms with Crippen LogP contribution < -0.4 is 5.32 Å². The lowest BCUT2D eigenvalue weighted by atomic mass is 10.1. The molecule has 0 bridgehead atoms. The number of aryl methyl sites for hydroxylation is 1. The minimum atomic E-state index is -0.0584. The zero-order chi connectivity index (χ0) is 10.8. The monoisotopic (exact) mass is 225 g/mol. The van der Waals surface area contributed by atoms with E-state index in [1.807, 2.05) is 25.1 Å². The summed E-state index contributed by atoms with van der Waals surface area (Å²) in [6.07, 6.45) is -0.0568. The molecule has 0 saturated carbocycles. The summed E-state index contributed by atoms with van der Waals surface area (Å²) >= 11 is 5.93. The molecule has 1 amide bonds. The second-order valence-electron chi connectivity index (χ2n) is 3.61. The Kier molecular flexibility index (Phi) is 2.93. The van der Waals surface area contributed by atoms with E-state index in [0.717, 1.165) is 16.1 Å². The summed E-state index contributed by atoms with van der Waals surface area (Å²) in [6, 6.07) is 5.77. The van der Waals surface area contributed by atoms with Crippen molar-refractivity contribution in [3.63, 3.8) is 0 Å². The third-order valence-corrected chi connectivity index (χ3v) is 2.88.